The van der Waals surface area contributed by atoms with E-state index in [2.05, 4.69) is 4.90 Å². The Hall–Kier alpha value is -1.61. The van der Waals surface area contributed by atoms with Crippen molar-refractivity contribution in [2.75, 3.05) is 14.1 Å². The van der Waals surface area contributed by atoms with Gasteiger partial charge in [0.05, 0.1) is 5.54 Å². The Morgan fingerprint density at radius 2 is 1.76 bits per heavy atom. The number of hydrogen-bond acceptors (Lipinski definition) is 3. The number of benzene rings is 1. The molecule has 112 valence electrons. The van der Waals surface area contributed by atoms with Gasteiger partial charge < -0.3 is 4.42 Å². The highest BCUT2D eigenvalue weighted by Gasteiger charge is 2.42. The minimum Gasteiger partial charge on any atom is -0.453 e. The summed E-state index contributed by atoms with van der Waals surface area (Å²) in [4.78, 5) is 15.3. The van der Waals surface area contributed by atoms with Crippen LogP contribution in [0.5, 0.6) is 0 Å². The van der Waals surface area contributed by atoms with E-state index in [4.69, 9.17) is 4.42 Å². The summed E-state index contributed by atoms with van der Waals surface area (Å²) in [5.41, 5.74) is 0.396. The maximum absolute atomic E-state index is 13.2. The van der Waals surface area contributed by atoms with Crippen LogP contribution in [0.25, 0.3) is 11.0 Å². The van der Waals surface area contributed by atoms with Crippen LogP contribution in [0.2, 0.25) is 0 Å². The molecule has 1 fully saturated rings. The Kier molecular flexibility index (Phi) is 3.85. The number of fused-ring (bicyclic) bond motifs is 1. The van der Waals surface area contributed by atoms with E-state index in [9.17, 15) is 4.79 Å². The molecule has 0 unspecified atom stereocenters. The van der Waals surface area contributed by atoms with Gasteiger partial charge in [0.25, 0.3) is 0 Å². The van der Waals surface area contributed by atoms with Crippen LogP contribution in [-0.2, 0) is 0 Å². The average Bonchev–Trinajstić information content (AvgIpc) is 2.75. The fraction of sp³-hybridized carbons (Fsp3) is 0.500. The van der Waals surface area contributed by atoms with E-state index in [1.54, 1.807) is 0 Å². The first-order valence-corrected chi connectivity index (χ1v) is 7.84. The van der Waals surface area contributed by atoms with Gasteiger partial charge in [-0.3, -0.25) is 9.69 Å². The second kappa shape index (κ2) is 5.64. The molecule has 21 heavy (non-hydrogen) atoms. The van der Waals surface area contributed by atoms with Gasteiger partial charge >= 0.3 is 0 Å². The molecule has 3 heteroatoms. The Morgan fingerprint density at radius 1 is 1.10 bits per heavy atom. The van der Waals surface area contributed by atoms with E-state index in [0.29, 0.717) is 5.76 Å². The molecule has 0 atom stereocenters. The van der Waals surface area contributed by atoms with Gasteiger partial charge in [0.15, 0.2) is 5.76 Å². The van der Waals surface area contributed by atoms with Crippen molar-refractivity contribution in [3.8, 4) is 0 Å². The van der Waals surface area contributed by atoms with Gasteiger partial charge in [-0.05, 0) is 39.1 Å². The molecule has 0 saturated heterocycles. The number of rotatable bonds is 3. The first kappa shape index (κ1) is 14.3. The molecule has 0 N–H and O–H groups in total. The molecule has 2 aromatic rings. The molecular formula is C18H23NO2. The molecule has 1 aliphatic carbocycles. The van der Waals surface area contributed by atoms with Gasteiger partial charge in [0.1, 0.15) is 5.58 Å². The van der Waals surface area contributed by atoms with Crippen LogP contribution in [0, 0.1) is 0 Å². The number of Topliss-reactive ketones (excluding diaryl/α,β-unsaturated/α-hetero) is 1. The Balaban J connectivity index is 2.00. The Labute approximate surface area is 125 Å². The first-order chi connectivity index (χ1) is 10.1. The molecule has 1 aromatic carbocycles. The molecule has 3 nitrogen and oxygen atoms in total. The maximum Gasteiger partial charge on any atom is 0.218 e. The van der Waals surface area contributed by atoms with Crippen LogP contribution in [0.1, 0.15) is 49.1 Å². The second-order valence-electron chi connectivity index (χ2n) is 6.32. The van der Waals surface area contributed by atoms with Gasteiger partial charge in [-0.15, -0.1) is 0 Å². The molecule has 1 aromatic heterocycles. The lowest BCUT2D eigenvalue weighted by Gasteiger charge is -2.37. The lowest BCUT2D eigenvalue weighted by atomic mass is 9.83. The summed E-state index contributed by atoms with van der Waals surface area (Å²) in [6.07, 6.45) is 6.53. The van der Waals surface area contributed by atoms with E-state index < -0.39 is 5.54 Å². The molecule has 0 bridgehead atoms. The quantitative estimate of drug-likeness (QED) is 0.623. The largest absolute Gasteiger partial charge is 0.453 e. The van der Waals surface area contributed by atoms with Crippen LogP contribution in [0.4, 0.5) is 0 Å². The monoisotopic (exact) mass is 285 g/mol. The topological polar surface area (TPSA) is 33.5 Å². The average molecular weight is 285 g/mol. The Bertz CT molecular complexity index is 600. The number of likely N-dealkylation sites (N-methyl/N-ethyl adjacent to an activating group) is 1. The predicted molar refractivity (Wildman–Crippen MR) is 84.7 cm³/mol. The van der Waals surface area contributed by atoms with Gasteiger partial charge in [0.2, 0.25) is 5.78 Å². The third-order valence-corrected chi connectivity index (χ3v) is 4.86. The van der Waals surface area contributed by atoms with Crippen LogP contribution in [-0.4, -0.2) is 30.3 Å². The van der Waals surface area contributed by atoms with E-state index in [-0.39, 0.29) is 5.78 Å². The molecule has 0 spiro atoms. The summed E-state index contributed by atoms with van der Waals surface area (Å²) in [7, 11) is 4.04. The highest BCUT2D eigenvalue weighted by atomic mass is 16.3. The number of hydrogen-bond donors (Lipinski definition) is 0. The SMILES string of the molecule is CN(C)C1(C(=O)c2cc3ccccc3o2)CCCCCC1. The molecule has 0 radical (unpaired) electrons. The maximum atomic E-state index is 13.2. The molecule has 0 amide bonds. The number of nitrogens with zero attached hydrogens (tertiary/aromatic N) is 1. The first-order valence-electron chi connectivity index (χ1n) is 7.84. The number of para-hydroxylation sites is 1. The number of carbonyl (C=O) groups is 1. The summed E-state index contributed by atoms with van der Waals surface area (Å²) in [5.74, 6) is 0.650. The normalized spacial score (nSPS) is 18.8. The summed E-state index contributed by atoms with van der Waals surface area (Å²) in [6, 6.07) is 9.72. The molecule has 1 heterocycles. The highest BCUT2D eigenvalue weighted by Crippen LogP contribution is 2.35. The smallest absolute Gasteiger partial charge is 0.218 e. The summed E-state index contributed by atoms with van der Waals surface area (Å²) < 4.78 is 5.82. The molecule has 0 aliphatic heterocycles. The molecular weight excluding hydrogens is 262 g/mol. The van der Waals surface area contributed by atoms with E-state index in [1.165, 1.54) is 12.8 Å². The fourth-order valence-corrected chi connectivity index (χ4v) is 3.51. The standard InChI is InChI=1S/C18H23NO2/c1-19(2)18(11-7-3-4-8-12-18)17(20)16-13-14-9-5-6-10-15(14)21-16/h5-6,9-10,13H,3-4,7-8,11-12H2,1-2H3. The van der Waals surface area contributed by atoms with Gasteiger partial charge in [0, 0.05) is 5.39 Å². The third-order valence-electron chi connectivity index (χ3n) is 4.86. The van der Waals surface area contributed by atoms with E-state index in [0.717, 1.165) is 36.7 Å². The highest BCUT2D eigenvalue weighted by molar-refractivity contribution is 6.03. The molecule has 1 aliphatic rings. The lowest BCUT2D eigenvalue weighted by molar-refractivity contribution is 0.0607. The van der Waals surface area contributed by atoms with Gasteiger partial charge in [-0.2, -0.15) is 0 Å². The van der Waals surface area contributed by atoms with Crippen molar-refractivity contribution >= 4 is 16.8 Å². The Morgan fingerprint density at radius 3 is 2.38 bits per heavy atom. The van der Waals surface area contributed by atoms with Crippen molar-refractivity contribution in [2.45, 2.75) is 44.1 Å². The van der Waals surface area contributed by atoms with Crippen molar-refractivity contribution in [1.29, 1.82) is 0 Å². The number of carbonyl (C=O) groups excluding carboxylic acids is 1. The predicted octanol–water partition coefficient (Wildman–Crippen LogP) is 4.27. The summed E-state index contributed by atoms with van der Waals surface area (Å²) in [5, 5.41) is 1.00. The van der Waals surface area contributed by atoms with Crippen molar-refractivity contribution in [1.82, 2.24) is 4.90 Å². The van der Waals surface area contributed by atoms with Crippen molar-refractivity contribution in [3.63, 3.8) is 0 Å². The van der Waals surface area contributed by atoms with E-state index >= 15 is 0 Å². The van der Waals surface area contributed by atoms with E-state index in [1.807, 2.05) is 44.4 Å². The summed E-state index contributed by atoms with van der Waals surface area (Å²) in [6.45, 7) is 0. The van der Waals surface area contributed by atoms with Crippen LogP contribution < -0.4 is 0 Å². The van der Waals surface area contributed by atoms with Crippen molar-refractivity contribution in [3.05, 3.63) is 36.1 Å². The van der Waals surface area contributed by atoms with Crippen molar-refractivity contribution in [2.24, 2.45) is 0 Å². The number of ketones is 1. The van der Waals surface area contributed by atoms with Gasteiger partial charge in [-0.25, -0.2) is 0 Å². The van der Waals surface area contributed by atoms with Crippen LogP contribution in [0.15, 0.2) is 34.7 Å². The van der Waals surface area contributed by atoms with Crippen LogP contribution in [0.3, 0.4) is 0 Å². The zero-order valence-electron chi connectivity index (χ0n) is 12.9. The third kappa shape index (κ3) is 2.51. The molecule has 1 saturated carbocycles. The zero-order valence-corrected chi connectivity index (χ0v) is 12.9. The summed E-state index contributed by atoms with van der Waals surface area (Å²) >= 11 is 0. The fourth-order valence-electron chi connectivity index (χ4n) is 3.51. The van der Waals surface area contributed by atoms with Crippen LogP contribution >= 0.6 is 0 Å². The minimum absolute atomic E-state index is 0.144. The number of furan rings is 1. The van der Waals surface area contributed by atoms with Gasteiger partial charge in [-0.1, -0.05) is 43.9 Å². The zero-order chi connectivity index (χ0) is 14.9. The van der Waals surface area contributed by atoms with Crippen molar-refractivity contribution < 1.29 is 9.21 Å². The minimum atomic E-state index is -0.398. The lowest BCUT2D eigenvalue weighted by Crippen LogP contribution is -2.50. The molecule has 3 rings (SSSR count). The second-order valence-corrected chi connectivity index (χ2v) is 6.32.